The fourth-order valence-electron chi connectivity index (χ4n) is 3.88. The summed E-state index contributed by atoms with van der Waals surface area (Å²) in [5.41, 5.74) is 1.61. The number of aromatic nitrogens is 3. The number of halogens is 6. The molecule has 2 saturated heterocycles. The number of carboxylic acid groups (broad SMARTS) is 2. The highest BCUT2D eigenvalue weighted by Gasteiger charge is 2.45. The van der Waals surface area contributed by atoms with Crippen molar-refractivity contribution in [2.24, 2.45) is 7.05 Å². The van der Waals surface area contributed by atoms with Gasteiger partial charge in [0.2, 0.25) is 0 Å². The third kappa shape index (κ3) is 10.1. The zero-order valence-corrected chi connectivity index (χ0v) is 20.3. The highest BCUT2D eigenvalue weighted by molar-refractivity contribution is 5.73. The Morgan fingerprint density at radius 3 is 2.33 bits per heavy atom. The SMILES string of the molecule is Cn1cc(CN2CCC3(CC(Nc4cccc(C#N)n4)CO3)C2)cn1.O=C(O)C(F)(F)F.O=C(O)C(F)(F)F. The molecule has 214 valence electrons. The lowest BCUT2D eigenvalue weighted by Gasteiger charge is -2.23. The molecule has 0 amide bonds. The maximum Gasteiger partial charge on any atom is 0.490 e. The Bertz CT molecular complexity index is 1160. The summed E-state index contributed by atoms with van der Waals surface area (Å²) in [6, 6.07) is 7.77. The number of pyridine rings is 1. The summed E-state index contributed by atoms with van der Waals surface area (Å²) >= 11 is 0. The van der Waals surface area contributed by atoms with Crippen molar-refractivity contribution in [2.45, 2.75) is 43.4 Å². The third-order valence-electron chi connectivity index (χ3n) is 5.47. The van der Waals surface area contributed by atoms with Gasteiger partial charge in [-0.3, -0.25) is 9.58 Å². The summed E-state index contributed by atoms with van der Waals surface area (Å²) in [6.07, 6.45) is -4.15. The normalized spacial score (nSPS) is 20.8. The summed E-state index contributed by atoms with van der Waals surface area (Å²) in [7, 11) is 1.95. The molecule has 2 aliphatic heterocycles. The van der Waals surface area contributed by atoms with Crippen LogP contribution in [0, 0.1) is 11.3 Å². The summed E-state index contributed by atoms with van der Waals surface area (Å²) in [6.45, 7) is 3.59. The van der Waals surface area contributed by atoms with Crippen LogP contribution in [0.1, 0.15) is 24.1 Å². The number of aliphatic carboxylic acids is 2. The van der Waals surface area contributed by atoms with E-state index in [1.165, 1.54) is 5.56 Å². The van der Waals surface area contributed by atoms with Crippen molar-refractivity contribution in [1.29, 1.82) is 5.26 Å². The summed E-state index contributed by atoms with van der Waals surface area (Å²) < 4.78 is 71.5. The maximum atomic E-state index is 10.6. The Balaban J connectivity index is 0.000000317. The maximum absolute atomic E-state index is 10.6. The molecule has 0 bridgehead atoms. The molecule has 4 rings (SSSR count). The van der Waals surface area contributed by atoms with Crippen molar-refractivity contribution in [3.05, 3.63) is 41.9 Å². The average molecular weight is 566 g/mol. The number of aryl methyl sites for hydroxylation is 1. The molecule has 2 atom stereocenters. The van der Waals surface area contributed by atoms with Crippen molar-refractivity contribution in [3.63, 3.8) is 0 Å². The topological polar surface area (TPSA) is 154 Å². The van der Waals surface area contributed by atoms with Crippen LogP contribution in [0.5, 0.6) is 0 Å². The fourth-order valence-corrected chi connectivity index (χ4v) is 3.88. The molecule has 1 spiro atoms. The second kappa shape index (κ2) is 12.8. The van der Waals surface area contributed by atoms with E-state index in [2.05, 4.69) is 32.6 Å². The van der Waals surface area contributed by atoms with Crippen LogP contribution in [0.3, 0.4) is 0 Å². The van der Waals surface area contributed by atoms with Gasteiger partial charge in [-0.05, 0) is 18.6 Å². The van der Waals surface area contributed by atoms with Gasteiger partial charge in [-0.15, -0.1) is 0 Å². The minimum absolute atomic E-state index is 0.0628. The lowest BCUT2D eigenvalue weighted by Crippen LogP contribution is -2.33. The van der Waals surface area contributed by atoms with Gasteiger partial charge in [-0.25, -0.2) is 14.6 Å². The van der Waals surface area contributed by atoms with Gasteiger partial charge < -0.3 is 20.3 Å². The first kappa shape index (κ1) is 31.3. The van der Waals surface area contributed by atoms with Crippen LogP contribution in [0.2, 0.25) is 0 Å². The Morgan fingerprint density at radius 1 is 1.21 bits per heavy atom. The smallest absolute Gasteiger partial charge is 0.475 e. The van der Waals surface area contributed by atoms with E-state index in [1.54, 1.807) is 6.07 Å². The predicted octanol–water partition coefficient (Wildman–Crippen LogP) is 2.80. The van der Waals surface area contributed by atoms with E-state index < -0.39 is 24.3 Å². The quantitative estimate of drug-likeness (QED) is 0.471. The number of likely N-dealkylation sites (tertiary alicyclic amines) is 1. The largest absolute Gasteiger partial charge is 0.490 e. The molecule has 0 radical (unpaired) electrons. The molecule has 17 heteroatoms. The molecule has 0 aliphatic carbocycles. The van der Waals surface area contributed by atoms with Gasteiger partial charge in [-0.2, -0.15) is 36.7 Å². The molecule has 2 fully saturated rings. The van der Waals surface area contributed by atoms with Crippen LogP contribution >= 0.6 is 0 Å². The molecule has 0 saturated carbocycles. The number of anilines is 1. The van der Waals surface area contributed by atoms with Gasteiger partial charge >= 0.3 is 24.3 Å². The van der Waals surface area contributed by atoms with Crippen LogP contribution in [0.25, 0.3) is 0 Å². The molecule has 0 aromatic carbocycles. The number of carbonyl (C=O) groups is 2. The van der Waals surface area contributed by atoms with E-state index in [-0.39, 0.29) is 11.6 Å². The first-order valence-electron chi connectivity index (χ1n) is 11.1. The molecular weight excluding hydrogens is 542 g/mol. The highest BCUT2D eigenvalue weighted by Crippen LogP contribution is 2.36. The number of nitrogens with zero attached hydrogens (tertiary/aromatic N) is 5. The summed E-state index contributed by atoms with van der Waals surface area (Å²) in [5.74, 6) is -4.77. The Morgan fingerprint density at radius 2 is 1.82 bits per heavy atom. The van der Waals surface area contributed by atoms with Crippen molar-refractivity contribution in [3.8, 4) is 6.07 Å². The molecule has 2 aromatic heterocycles. The molecule has 3 N–H and O–H groups in total. The van der Waals surface area contributed by atoms with E-state index in [4.69, 9.17) is 29.8 Å². The van der Waals surface area contributed by atoms with Gasteiger partial charge in [0, 0.05) is 44.9 Å². The lowest BCUT2D eigenvalue weighted by molar-refractivity contribution is -0.193. The van der Waals surface area contributed by atoms with Gasteiger partial charge in [-0.1, -0.05) is 6.07 Å². The van der Waals surface area contributed by atoms with Gasteiger partial charge in [0.15, 0.2) is 0 Å². The zero-order chi connectivity index (χ0) is 29.4. The van der Waals surface area contributed by atoms with Crippen LogP contribution in [0.15, 0.2) is 30.6 Å². The molecule has 11 nitrogen and oxygen atoms in total. The van der Waals surface area contributed by atoms with Crippen molar-refractivity contribution >= 4 is 17.8 Å². The minimum atomic E-state index is -5.08. The van der Waals surface area contributed by atoms with Crippen LogP contribution in [-0.4, -0.2) is 85.5 Å². The number of nitriles is 1. The monoisotopic (exact) mass is 566 g/mol. The van der Waals surface area contributed by atoms with Crippen molar-refractivity contribution < 1.29 is 50.9 Å². The van der Waals surface area contributed by atoms with Crippen LogP contribution in [0.4, 0.5) is 32.2 Å². The van der Waals surface area contributed by atoms with E-state index >= 15 is 0 Å². The van der Waals surface area contributed by atoms with Crippen molar-refractivity contribution in [1.82, 2.24) is 19.7 Å². The van der Waals surface area contributed by atoms with Crippen LogP contribution in [-0.2, 0) is 27.9 Å². The third-order valence-corrected chi connectivity index (χ3v) is 5.47. The molecule has 39 heavy (non-hydrogen) atoms. The van der Waals surface area contributed by atoms with Gasteiger partial charge in [0.25, 0.3) is 0 Å². The first-order valence-corrected chi connectivity index (χ1v) is 11.1. The Kier molecular flexibility index (Phi) is 10.2. The molecule has 4 heterocycles. The Hall–Kier alpha value is -3.91. The summed E-state index contributed by atoms with van der Waals surface area (Å²) in [5, 5.41) is 30.9. The zero-order valence-electron chi connectivity index (χ0n) is 20.3. The molecular formula is C22H24F6N6O5. The number of hydrogen-bond donors (Lipinski definition) is 3. The Labute approximate surface area is 217 Å². The highest BCUT2D eigenvalue weighted by atomic mass is 19.4. The van der Waals surface area contributed by atoms with Crippen molar-refractivity contribution in [2.75, 3.05) is 25.0 Å². The van der Waals surface area contributed by atoms with E-state index in [1.807, 2.05) is 30.1 Å². The van der Waals surface area contributed by atoms with E-state index in [0.717, 1.165) is 38.3 Å². The number of nitrogens with one attached hydrogen (secondary N) is 1. The minimum Gasteiger partial charge on any atom is -0.475 e. The number of hydrogen-bond acceptors (Lipinski definition) is 8. The predicted molar refractivity (Wildman–Crippen MR) is 120 cm³/mol. The van der Waals surface area contributed by atoms with Crippen LogP contribution < -0.4 is 5.32 Å². The second-order valence-corrected chi connectivity index (χ2v) is 8.65. The standard InChI is InChI=1S/C18H22N6O.2C2HF3O2/c1-23-10-14(9-20-23)11-24-6-5-18(13-24)7-16(12-25-18)22-17-4-2-3-15(8-19)21-17;2*3-2(4,5)1(6)7/h2-4,9-10,16H,5-7,11-13H2,1H3,(H,21,22);2*(H,6,7). The average Bonchev–Trinajstić information content (AvgIpc) is 3.54. The summed E-state index contributed by atoms with van der Waals surface area (Å²) in [4.78, 5) is 24.5. The molecule has 2 unspecified atom stereocenters. The molecule has 2 aromatic rings. The number of rotatable bonds is 4. The van der Waals surface area contributed by atoms with Gasteiger partial charge in [0.1, 0.15) is 17.6 Å². The van der Waals surface area contributed by atoms with E-state index in [0.29, 0.717) is 12.3 Å². The van der Waals surface area contributed by atoms with Gasteiger partial charge in [0.05, 0.1) is 24.4 Å². The number of carboxylic acids is 2. The molecule has 2 aliphatic rings. The first-order chi connectivity index (χ1) is 18.0. The number of alkyl halides is 6. The van der Waals surface area contributed by atoms with E-state index in [9.17, 15) is 26.3 Å². The second-order valence-electron chi connectivity index (χ2n) is 8.65. The number of ether oxygens (including phenoxy) is 1. The fraction of sp³-hybridized carbons (Fsp3) is 0.500. The lowest BCUT2D eigenvalue weighted by atomic mass is 9.97.